The summed E-state index contributed by atoms with van der Waals surface area (Å²) >= 11 is 0.755. The summed E-state index contributed by atoms with van der Waals surface area (Å²) in [6, 6.07) is -1.92. The van der Waals surface area contributed by atoms with Gasteiger partial charge in [-0.25, -0.2) is 0 Å². The van der Waals surface area contributed by atoms with E-state index in [1.807, 2.05) is 0 Å². The molecule has 25 N–H and O–H groups in total. The Bertz CT molecular complexity index is 4840. The number of hydrogen-bond acceptors (Lipinski definition) is 23. The Morgan fingerprint density at radius 1 is 0.508 bits per heavy atom. The molecule has 5 aromatic rings. The van der Waals surface area contributed by atoms with E-state index in [0.717, 1.165) is 36.3 Å². The second kappa shape index (κ2) is 48.1. The SMILES string of the molecule is CCCC[C@H]1C(=O)N[C@H](CC(N)=O)C(=O)N2CCC[C@H]2C(=O)N[C@@H](CO)C(=O)N[C@@H](CCO)C(=O)N2CCC[C@H]2C(=O)N[C@@H](Cc2c[nH]c3ccccc23)C(=O)N[C@@H](CCN)C(=O)N[C@@H](Cc2c[nH]c3ccccc23)C(=O)N(C)[C@@H](C)C(=O)N(C)[C@@H](C)C(=O)N[C@@H](CCCNC(=N)N)C(=O)N[C@H](C(=O)NCC(N)=O)CSCC(=O)N[C@@H](Cc2ccc(O)cc2)C(=O)N1C. The largest absolute Gasteiger partial charge is 0.508 e. The van der Waals surface area contributed by atoms with Crippen LogP contribution in [-0.4, -0.2) is 319 Å². The fourth-order valence-corrected chi connectivity index (χ4v) is 16.3. The molecule has 696 valence electrons. The van der Waals surface area contributed by atoms with Gasteiger partial charge in [0.15, 0.2) is 5.96 Å². The number of thioether (sulfide) groups is 1. The molecule has 43 nitrogen and oxygen atoms in total. The lowest BCUT2D eigenvalue weighted by molar-refractivity contribution is -0.148. The van der Waals surface area contributed by atoms with E-state index in [1.54, 1.807) is 67.8 Å². The maximum Gasteiger partial charge on any atom is 0.246 e. The third-order valence-electron chi connectivity index (χ3n) is 22.8. The van der Waals surface area contributed by atoms with Crippen LogP contribution in [0.25, 0.3) is 21.8 Å². The predicted molar refractivity (Wildman–Crippen MR) is 468 cm³/mol. The van der Waals surface area contributed by atoms with Gasteiger partial charge in [0.2, 0.25) is 100 Å². The first kappa shape index (κ1) is 100. The standard InChI is InChI=1S/C84H119N23O20S/c1-7-8-21-64-76(120)100-61(38-67(86)111)83(127)107-33-15-23-66(107)78(122)101-62(42-109)75(119)97-57(29-34-108)82(126)106-32-14-22-65(106)77(121)98-58(36-48-39-91-53-18-11-9-16-51(48)53)74(118)96-56(28-30-85)73(117)99-60(37-49-40-92-54-19-12-10-17-52(49)54)80(124)104(5)46(3)79(123)103(4)45(2)70(114)95-55(20-13-31-90-84(88)89)72(116)102-63(71(115)93-41-68(87)112)43-128-44-69(113)94-59(81(125)105(64)6)35-47-24-26-50(110)27-25-47/h9-12,16-19,24-27,39-40,45-46,55-66,91-92,108-110H,7-8,13-15,20-23,28-38,41-44,85H2,1-6H3,(H2,86,111)(H2,87,112)(H,93,115)(H,94,113)(H,95,114)(H,96,118)(H,97,119)(H,98,121)(H,99,117)(H,100,120)(H,101,122)(H,102,116)(H4,88,89,90)/t45-,46-,55-,56-,57-,58-,59-,60-,61+,62-,63-,64-,65-,66-/m0/s1. The van der Waals surface area contributed by atoms with Crippen LogP contribution in [0, 0.1) is 5.41 Å². The lowest BCUT2D eigenvalue weighted by Gasteiger charge is -2.34. The van der Waals surface area contributed by atoms with Crippen LogP contribution >= 0.6 is 11.8 Å². The molecule has 3 fully saturated rings. The number of para-hydroxylation sites is 2. The van der Waals surface area contributed by atoms with Gasteiger partial charge in [-0.3, -0.25) is 86.9 Å². The number of carbonyl (C=O) groups is 17. The van der Waals surface area contributed by atoms with Gasteiger partial charge >= 0.3 is 0 Å². The van der Waals surface area contributed by atoms with Crippen molar-refractivity contribution in [2.75, 3.05) is 78.6 Å². The number of amides is 17. The number of nitrogens with two attached hydrogens (primary N) is 4. The second-order valence-electron chi connectivity index (χ2n) is 32.0. The van der Waals surface area contributed by atoms with Crippen LogP contribution in [0.15, 0.2) is 85.2 Å². The molecule has 0 aliphatic carbocycles. The number of aromatic amines is 2. The number of likely N-dealkylation sites (N-methyl/N-ethyl adjacent to an activating group) is 3. The maximum absolute atomic E-state index is 15.3. The number of phenols is 1. The quantitative estimate of drug-likeness (QED) is 0.0165. The molecule has 3 aliphatic rings. The number of nitrogens with one attached hydrogen (secondary N) is 14. The summed E-state index contributed by atoms with van der Waals surface area (Å²) in [5.74, 6) is -17.7. The smallest absolute Gasteiger partial charge is 0.246 e. The Morgan fingerprint density at radius 2 is 1.01 bits per heavy atom. The average Bonchev–Trinajstić information content (AvgIpc) is 1.55. The topological polar surface area (TPSA) is 659 Å². The van der Waals surface area contributed by atoms with Crippen molar-refractivity contribution in [3.63, 3.8) is 0 Å². The van der Waals surface area contributed by atoms with Gasteiger partial charge in [0.1, 0.15) is 90.3 Å². The molecule has 14 atom stereocenters. The molecule has 8 rings (SSSR count). The van der Waals surface area contributed by atoms with Crippen molar-refractivity contribution in [2.24, 2.45) is 22.9 Å². The zero-order chi connectivity index (χ0) is 93.8. The summed E-state index contributed by atoms with van der Waals surface area (Å²) in [4.78, 5) is 258. The van der Waals surface area contributed by atoms with E-state index in [9.17, 15) is 77.6 Å². The number of carbonyl (C=O) groups excluding carboxylic acids is 17. The summed E-state index contributed by atoms with van der Waals surface area (Å²) in [5.41, 5.74) is 25.6. The fraction of sp³-hybridized carbons (Fsp3) is 0.524. The maximum atomic E-state index is 15.3. The van der Waals surface area contributed by atoms with E-state index >= 15 is 19.2 Å². The number of H-pyrrole nitrogens is 2. The van der Waals surface area contributed by atoms with Gasteiger partial charge in [-0.2, -0.15) is 0 Å². The van der Waals surface area contributed by atoms with Crippen molar-refractivity contribution in [3.05, 3.63) is 102 Å². The van der Waals surface area contributed by atoms with Gasteiger partial charge in [-0.15, -0.1) is 11.8 Å². The molecule has 128 heavy (non-hydrogen) atoms. The van der Waals surface area contributed by atoms with Crippen molar-refractivity contribution >= 4 is 140 Å². The number of unbranched alkanes of at least 4 members (excludes halogenated alkanes) is 1. The summed E-state index contributed by atoms with van der Waals surface area (Å²) in [6.45, 7) is 1.46. The third kappa shape index (κ3) is 27.5. The summed E-state index contributed by atoms with van der Waals surface area (Å²) in [6.07, 6.45) is 1.79. The van der Waals surface area contributed by atoms with Crippen molar-refractivity contribution in [3.8, 4) is 5.75 Å². The molecule has 3 aromatic carbocycles. The summed E-state index contributed by atoms with van der Waals surface area (Å²) < 4.78 is 0. The number of aromatic hydroxyl groups is 1. The molecular weight excluding hydrogens is 1680 g/mol. The highest BCUT2D eigenvalue weighted by Gasteiger charge is 2.45. The molecule has 3 saturated heterocycles. The molecular formula is C84H119N23O20S. The minimum atomic E-state index is -1.85. The Hall–Kier alpha value is -13.0. The number of phenolic OH excluding ortho intramolecular Hbond substituents is 1. The minimum Gasteiger partial charge on any atom is -0.508 e. The number of aromatic nitrogens is 2. The van der Waals surface area contributed by atoms with Crippen molar-refractivity contribution in [2.45, 2.75) is 202 Å². The highest BCUT2D eigenvalue weighted by molar-refractivity contribution is 8.00. The van der Waals surface area contributed by atoms with Gasteiger partial charge in [-0.1, -0.05) is 68.3 Å². The Balaban J connectivity index is 1.15. The molecule has 2 aromatic heterocycles. The molecule has 0 bridgehead atoms. The van der Waals surface area contributed by atoms with Gasteiger partial charge in [0.05, 0.1) is 25.3 Å². The number of rotatable bonds is 23. The van der Waals surface area contributed by atoms with Gasteiger partial charge < -0.3 is 131 Å². The van der Waals surface area contributed by atoms with E-state index in [4.69, 9.17) is 28.3 Å². The van der Waals surface area contributed by atoms with Crippen LogP contribution < -0.4 is 81.4 Å². The number of guanidine groups is 1. The molecule has 0 unspecified atom stereocenters. The molecule has 0 radical (unpaired) electrons. The van der Waals surface area contributed by atoms with Crippen molar-refractivity contribution in [1.82, 2.24) is 93.0 Å². The minimum absolute atomic E-state index is 0.0124. The van der Waals surface area contributed by atoms with Crippen LogP contribution in [0.5, 0.6) is 5.75 Å². The molecule has 0 spiro atoms. The van der Waals surface area contributed by atoms with E-state index in [1.165, 1.54) is 59.3 Å². The van der Waals surface area contributed by atoms with Crippen LogP contribution in [0.3, 0.4) is 0 Å². The number of primary amides is 2. The van der Waals surface area contributed by atoms with Crippen LogP contribution in [-0.2, 0) is 101 Å². The lowest BCUT2D eigenvalue weighted by Crippen LogP contribution is -2.61. The Kier molecular flexibility index (Phi) is 37.7. The van der Waals surface area contributed by atoms with Crippen molar-refractivity contribution < 1.29 is 96.8 Å². The van der Waals surface area contributed by atoms with Gasteiger partial charge in [0.25, 0.3) is 0 Å². The van der Waals surface area contributed by atoms with Crippen LogP contribution in [0.4, 0.5) is 0 Å². The lowest BCUT2D eigenvalue weighted by atomic mass is 10.0. The highest BCUT2D eigenvalue weighted by atomic mass is 32.2. The number of benzene rings is 3. The Labute approximate surface area is 742 Å². The Morgan fingerprint density at radius 3 is 1.58 bits per heavy atom. The molecule has 44 heteroatoms. The summed E-state index contributed by atoms with van der Waals surface area (Å²) in [5, 5.41) is 68.9. The molecule has 0 saturated carbocycles. The van der Waals surface area contributed by atoms with Crippen molar-refractivity contribution in [1.29, 1.82) is 5.41 Å². The average molecular weight is 1800 g/mol. The van der Waals surface area contributed by atoms with E-state index in [2.05, 4.69) is 68.5 Å². The van der Waals surface area contributed by atoms with Gasteiger partial charge in [-0.05, 0) is 119 Å². The number of aliphatic hydroxyl groups excluding tert-OH is 2. The zero-order valence-electron chi connectivity index (χ0n) is 72.4. The first-order valence-corrected chi connectivity index (χ1v) is 43.6. The van der Waals surface area contributed by atoms with E-state index < -0.39 is 235 Å². The van der Waals surface area contributed by atoms with Gasteiger partial charge in [0, 0.05) is 107 Å². The fourth-order valence-electron chi connectivity index (χ4n) is 15.5. The number of fused-ring (bicyclic) bond motifs is 4. The highest BCUT2D eigenvalue weighted by Crippen LogP contribution is 2.27. The summed E-state index contributed by atoms with van der Waals surface area (Å²) in [7, 11) is 3.80. The van der Waals surface area contributed by atoms with Crippen LogP contribution in [0.1, 0.15) is 115 Å². The third-order valence-corrected chi connectivity index (χ3v) is 23.9. The molecule has 5 heterocycles. The van der Waals surface area contributed by atoms with E-state index in [-0.39, 0.29) is 109 Å². The zero-order valence-corrected chi connectivity index (χ0v) is 73.2. The monoisotopic (exact) mass is 1800 g/mol. The molecule has 3 aliphatic heterocycles. The predicted octanol–water partition coefficient (Wildman–Crippen LogP) is -5.35. The first-order valence-electron chi connectivity index (χ1n) is 42.4. The number of hydrogen-bond donors (Lipinski definition) is 21. The first-order chi connectivity index (χ1) is 61.0. The second-order valence-corrected chi connectivity index (χ2v) is 33.0. The normalized spacial score (nSPS) is 24.8. The molecule has 17 amide bonds. The number of aliphatic hydroxyl groups is 2. The number of nitrogens with zero attached hydrogens (tertiary/aromatic N) is 5. The van der Waals surface area contributed by atoms with Crippen LogP contribution in [0.2, 0.25) is 0 Å². The van der Waals surface area contributed by atoms with E-state index in [0.29, 0.717) is 44.9 Å².